The summed E-state index contributed by atoms with van der Waals surface area (Å²) in [5, 5.41) is 4.26. The fourth-order valence-electron chi connectivity index (χ4n) is 5.14. The van der Waals surface area contributed by atoms with E-state index < -0.39 is 0 Å². The maximum Gasteiger partial charge on any atom is 0.244 e. The number of aromatic nitrogens is 2. The first-order chi connectivity index (χ1) is 13.3. The topological polar surface area (TPSA) is 62.5 Å². The molecule has 27 heavy (non-hydrogen) atoms. The lowest BCUT2D eigenvalue weighted by Crippen LogP contribution is -2.48. The minimum Gasteiger partial charge on any atom is -0.341 e. The Morgan fingerprint density at radius 1 is 1.04 bits per heavy atom. The third-order valence-electron chi connectivity index (χ3n) is 7.14. The molecular weight excluding hydrogens is 340 g/mol. The molecule has 3 heterocycles. The molecule has 4 fully saturated rings. The summed E-state index contributed by atoms with van der Waals surface area (Å²) in [5.74, 6) is 3.86. The van der Waals surface area contributed by atoms with Gasteiger partial charge < -0.3 is 9.42 Å². The molecule has 5 rings (SSSR count). The average molecular weight is 373 g/mol. The second-order valence-corrected chi connectivity index (χ2v) is 9.27. The second kappa shape index (κ2) is 7.53. The highest BCUT2D eigenvalue weighted by atomic mass is 16.5. The molecule has 4 aliphatic rings. The zero-order valence-corrected chi connectivity index (χ0v) is 16.3. The van der Waals surface area contributed by atoms with Crippen molar-refractivity contribution in [2.24, 2.45) is 11.8 Å². The van der Waals surface area contributed by atoms with Crippen LogP contribution in [0.2, 0.25) is 0 Å². The van der Waals surface area contributed by atoms with Gasteiger partial charge in [-0.3, -0.25) is 9.69 Å². The molecule has 1 aromatic rings. The lowest BCUT2D eigenvalue weighted by Gasteiger charge is -2.37. The number of amides is 1. The number of rotatable bonds is 7. The van der Waals surface area contributed by atoms with Gasteiger partial charge in [-0.25, -0.2) is 0 Å². The third-order valence-corrected chi connectivity index (χ3v) is 7.14. The first-order valence-electron chi connectivity index (χ1n) is 11.1. The highest BCUT2D eigenvalue weighted by molar-refractivity contribution is 5.77. The highest BCUT2D eigenvalue weighted by Gasteiger charge is 2.38. The molecule has 0 bridgehead atoms. The average Bonchev–Trinajstić information content (AvgIpc) is 3.06. The molecular formula is C21H32N4O2. The van der Waals surface area contributed by atoms with Crippen molar-refractivity contribution in [3.05, 3.63) is 11.7 Å². The summed E-state index contributed by atoms with van der Waals surface area (Å²) < 4.78 is 5.64. The van der Waals surface area contributed by atoms with Crippen LogP contribution in [0.3, 0.4) is 0 Å². The van der Waals surface area contributed by atoms with E-state index in [1.807, 2.05) is 4.90 Å². The Hall–Kier alpha value is -1.43. The number of carbonyl (C=O) groups excluding carboxylic acids is 1. The highest BCUT2D eigenvalue weighted by Crippen LogP contribution is 2.38. The standard InChI is InChI=1S/C21H32N4O2/c26-19(10-9-15-4-1-2-5-15)25-13-17(14-25)20-22-21(27-23-20)18-6-3-11-24(18)12-16-7-8-16/h15-18H,1-14H2. The van der Waals surface area contributed by atoms with Crippen LogP contribution in [0, 0.1) is 11.8 Å². The molecule has 0 aromatic carbocycles. The van der Waals surface area contributed by atoms with E-state index in [-0.39, 0.29) is 5.92 Å². The molecule has 1 atom stereocenters. The monoisotopic (exact) mass is 372 g/mol. The molecule has 0 spiro atoms. The van der Waals surface area contributed by atoms with Gasteiger partial charge in [-0.1, -0.05) is 30.8 Å². The van der Waals surface area contributed by atoms with Gasteiger partial charge in [0, 0.05) is 26.1 Å². The zero-order valence-electron chi connectivity index (χ0n) is 16.3. The number of likely N-dealkylation sites (tertiary alicyclic amines) is 2. The van der Waals surface area contributed by atoms with E-state index in [2.05, 4.69) is 10.1 Å². The van der Waals surface area contributed by atoms with E-state index in [1.165, 1.54) is 51.5 Å². The maximum atomic E-state index is 12.4. The molecule has 2 aliphatic heterocycles. The van der Waals surface area contributed by atoms with E-state index in [9.17, 15) is 4.79 Å². The van der Waals surface area contributed by atoms with Crippen LogP contribution >= 0.6 is 0 Å². The van der Waals surface area contributed by atoms with E-state index in [0.717, 1.165) is 56.0 Å². The quantitative estimate of drug-likeness (QED) is 0.733. The fraction of sp³-hybridized carbons (Fsp3) is 0.857. The van der Waals surface area contributed by atoms with E-state index >= 15 is 0 Å². The van der Waals surface area contributed by atoms with Crippen molar-refractivity contribution in [3.63, 3.8) is 0 Å². The molecule has 2 aliphatic carbocycles. The Morgan fingerprint density at radius 3 is 2.63 bits per heavy atom. The molecule has 6 nitrogen and oxygen atoms in total. The summed E-state index contributed by atoms with van der Waals surface area (Å²) in [6.07, 6.45) is 12.2. The van der Waals surface area contributed by atoms with Crippen molar-refractivity contribution in [2.45, 2.75) is 76.2 Å². The molecule has 2 saturated heterocycles. The van der Waals surface area contributed by atoms with Gasteiger partial charge >= 0.3 is 0 Å². The first-order valence-corrected chi connectivity index (χ1v) is 11.1. The SMILES string of the molecule is O=C(CCC1CCCC1)N1CC(c2noc(C3CCCN3CC3CC3)n2)C1. The van der Waals surface area contributed by atoms with E-state index in [0.29, 0.717) is 18.4 Å². The van der Waals surface area contributed by atoms with E-state index in [4.69, 9.17) is 9.51 Å². The smallest absolute Gasteiger partial charge is 0.244 e. The van der Waals surface area contributed by atoms with Crippen LogP contribution in [0.15, 0.2) is 4.52 Å². The second-order valence-electron chi connectivity index (χ2n) is 9.27. The molecule has 6 heteroatoms. The van der Waals surface area contributed by atoms with Crippen molar-refractivity contribution in [2.75, 3.05) is 26.2 Å². The largest absolute Gasteiger partial charge is 0.341 e. The Morgan fingerprint density at radius 2 is 1.85 bits per heavy atom. The summed E-state index contributed by atoms with van der Waals surface area (Å²) in [7, 11) is 0. The van der Waals surface area contributed by atoms with Crippen LogP contribution in [-0.2, 0) is 4.79 Å². The molecule has 1 amide bonds. The van der Waals surface area contributed by atoms with Gasteiger partial charge in [0.25, 0.3) is 0 Å². The van der Waals surface area contributed by atoms with Gasteiger partial charge in [-0.2, -0.15) is 4.98 Å². The minimum absolute atomic E-state index is 0.260. The van der Waals surface area contributed by atoms with Gasteiger partial charge in [0.15, 0.2) is 5.82 Å². The Balaban J connectivity index is 1.11. The van der Waals surface area contributed by atoms with Crippen LogP contribution in [0.5, 0.6) is 0 Å². The molecule has 1 aromatic heterocycles. The summed E-state index contributed by atoms with van der Waals surface area (Å²) in [6.45, 7) is 3.87. The number of carbonyl (C=O) groups is 1. The Kier molecular flexibility index (Phi) is 4.92. The normalized spacial score (nSPS) is 27.4. The van der Waals surface area contributed by atoms with Crippen LogP contribution in [-0.4, -0.2) is 52.0 Å². The predicted molar refractivity (Wildman–Crippen MR) is 101 cm³/mol. The van der Waals surface area contributed by atoms with Crippen molar-refractivity contribution in [1.29, 1.82) is 0 Å². The molecule has 2 saturated carbocycles. The first kappa shape index (κ1) is 17.7. The van der Waals surface area contributed by atoms with E-state index in [1.54, 1.807) is 0 Å². The molecule has 148 valence electrons. The van der Waals surface area contributed by atoms with Crippen LogP contribution in [0.4, 0.5) is 0 Å². The summed E-state index contributed by atoms with van der Waals surface area (Å²) in [6, 6.07) is 0.316. The Labute approximate surface area is 161 Å². The van der Waals surface area contributed by atoms with Crippen molar-refractivity contribution in [1.82, 2.24) is 19.9 Å². The summed E-state index contributed by atoms with van der Waals surface area (Å²) >= 11 is 0. The van der Waals surface area contributed by atoms with Gasteiger partial charge in [-0.05, 0) is 50.5 Å². The summed E-state index contributed by atoms with van der Waals surface area (Å²) in [4.78, 5) is 21.6. The fourth-order valence-corrected chi connectivity index (χ4v) is 5.14. The number of nitrogens with zero attached hydrogens (tertiary/aromatic N) is 4. The van der Waals surface area contributed by atoms with Gasteiger partial charge in [0.2, 0.25) is 11.8 Å². The lowest BCUT2D eigenvalue weighted by atomic mass is 9.96. The molecule has 0 N–H and O–H groups in total. The van der Waals surface area contributed by atoms with Crippen molar-refractivity contribution in [3.8, 4) is 0 Å². The summed E-state index contributed by atoms with van der Waals surface area (Å²) in [5.41, 5.74) is 0. The third kappa shape index (κ3) is 3.91. The Bertz CT molecular complexity index is 659. The predicted octanol–water partition coefficient (Wildman–Crippen LogP) is 3.51. The lowest BCUT2D eigenvalue weighted by molar-refractivity contribution is -0.136. The zero-order chi connectivity index (χ0) is 18.2. The van der Waals surface area contributed by atoms with Crippen molar-refractivity contribution >= 4 is 5.91 Å². The maximum absolute atomic E-state index is 12.4. The van der Waals surface area contributed by atoms with Crippen LogP contribution in [0.25, 0.3) is 0 Å². The van der Waals surface area contributed by atoms with Crippen molar-refractivity contribution < 1.29 is 9.32 Å². The van der Waals surface area contributed by atoms with Crippen LogP contribution in [0.1, 0.15) is 87.9 Å². The number of hydrogen-bond acceptors (Lipinski definition) is 5. The van der Waals surface area contributed by atoms with Gasteiger partial charge in [0.1, 0.15) is 0 Å². The molecule has 0 radical (unpaired) electrons. The van der Waals surface area contributed by atoms with Crippen LogP contribution < -0.4 is 0 Å². The van der Waals surface area contributed by atoms with Gasteiger partial charge in [-0.15, -0.1) is 0 Å². The van der Waals surface area contributed by atoms with Gasteiger partial charge in [0.05, 0.1) is 12.0 Å². The minimum atomic E-state index is 0.260. The molecule has 1 unspecified atom stereocenters. The number of hydrogen-bond donors (Lipinski definition) is 0.